The molecular formula is C19H19FN2O3. The highest BCUT2D eigenvalue weighted by molar-refractivity contribution is 5.96. The Hall–Kier alpha value is -2.89. The van der Waals surface area contributed by atoms with Crippen LogP contribution in [0.15, 0.2) is 42.5 Å². The van der Waals surface area contributed by atoms with E-state index in [9.17, 15) is 19.1 Å². The summed E-state index contributed by atoms with van der Waals surface area (Å²) in [5.74, 6) is -0.758. The van der Waals surface area contributed by atoms with E-state index in [0.29, 0.717) is 18.5 Å². The van der Waals surface area contributed by atoms with Crippen molar-refractivity contribution >= 4 is 11.8 Å². The van der Waals surface area contributed by atoms with Crippen molar-refractivity contribution in [2.75, 3.05) is 13.1 Å². The molecule has 2 amide bonds. The molecule has 3 rings (SSSR count). The van der Waals surface area contributed by atoms with E-state index in [1.165, 1.54) is 36.4 Å². The molecule has 0 saturated carbocycles. The summed E-state index contributed by atoms with van der Waals surface area (Å²) in [7, 11) is 0. The predicted octanol–water partition coefficient (Wildman–Crippen LogP) is 2.41. The number of halogens is 1. The molecule has 1 aliphatic rings. The van der Waals surface area contributed by atoms with Gasteiger partial charge in [-0.3, -0.25) is 9.59 Å². The summed E-state index contributed by atoms with van der Waals surface area (Å²) in [6, 6.07) is 10.3. The van der Waals surface area contributed by atoms with E-state index >= 15 is 0 Å². The number of amides is 2. The van der Waals surface area contributed by atoms with Crippen molar-refractivity contribution in [2.45, 2.75) is 19.4 Å². The minimum absolute atomic E-state index is 0.0740. The van der Waals surface area contributed by atoms with Crippen molar-refractivity contribution in [3.63, 3.8) is 0 Å². The second-order valence-corrected chi connectivity index (χ2v) is 6.09. The second-order valence-electron chi connectivity index (χ2n) is 6.09. The normalized spacial score (nSPS) is 16.2. The third-order valence-electron chi connectivity index (χ3n) is 4.49. The van der Waals surface area contributed by atoms with E-state index in [2.05, 4.69) is 5.32 Å². The van der Waals surface area contributed by atoms with Gasteiger partial charge in [0.2, 0.25) is 5.91 Å². The van der Waals surface area contributed by atoms with Crippen LogP contribution in [0.3, 0.4) is 0 Å². The number of phenols is 1. The third-order valence-corrected chi connectivity index (χ3v) is 4.49. The van der Waals surface area contributed by atoms with Crippen LogP contribution in [-0.4, -0.2) is 34.9 Å². The van der Waals surface area contributed by atoms with Crippen LogP contribution in [-0.2, 0) is 11.2 Å². The highest BCUT2D eigenvalue weighted by atomic mass is 19.1. The van der Waals surface area contributed by atoms with Gasteiger partial charge < -0.3 is 15.3 Å². The fourth-order valence-electron chi connectivity index (χ4n) is 3.11. The Bertz CT molecular complexity index is 805. The summed E-state index contributed by atoms with van der Waals surface area (Å²) in [5, 5.41) is 11.8. The summed E-state index contributed by atoms with van der Waals surface area (Å²) in [4.78, 5) is 26.2. The first kappa shape index (κ1) is 17.0. The number of phenolic OH excluding ortho intramolecular Hbond substituents is 1. The molecule has 2 N–H and O–H groups in total. The molecule has 0 aromatic heterocycles. The first-order valence-electron chi connectivity index (χ1n) is 8.10. The zero-order valence-electron chi connectivity index (χ0n) is 13.8. The molecule has 0 fully saturated rings. The molecule has 1 atom stereocenters. The first-order chi connectivity index (χ1) is 12.0. The molecule has 0 unspecified atom stereocenters. The summed E-state index contributed by atoms with van der Waals surface area (Å²) in [6.07, 6.45) is 0.592. The molecule has 0 saturated heterocycles. The molecule has 2 aromatic rings. The molecule has 25 heavy (non-hydrogen) atoms. The van der Waals surface area contributed by atoms with Gasteiger partial charge in [-0.05, 0) is 60.9 Å². The van der Waals surface area contributed by atoms with Gasteiger partial charge in [0.05, 0.1) is 12.6 Å². The Morgan fingerprint density at radius 2 is 1.96 bits per heavy atom. The zero-order valence-corrected chi connectivity index (χ0v) is 13.8. The van der Waals surface area contributed by atoms with Gasteiger partial charge in [0.15, 0.2) is 0 Å². The van der Waals surface area contributed by atoms with E-state index in [1.807, 2.05) is 6.92 Å². The fourth-order valence-corrected chi connectivity index (χ4v) is 3.11. The molecule has 0 spiro atoms. The van der Waals surface area contributed by atoms with E-state index in [4.69, 9.17) is 0 Å². The van der Waals surface area contributed by atoms with Crippen LogP contribution in [0.2, 0.25) is 0 Å². The Morgan fingerprint density at radius 3 is 2.68 bits per heavy atom. The lowest BCUT2D eigenvalue weighted by Gasteiger charge is -2.35. The van der Waals surface area contributed by atoms with E-state index in [-0.39, 0.29) is 36.0 Å². The van der Waals surface area contributed by atoms with Crippen molar-refractivity contribution in [1.82, 2.24) is 10.2 Å². The lowest BCUT2D eigenvalue weighted by molar-refractivity contribution is -0.132. The van der Waals surface area contributed by atoms with Crippen LogP contribution in [0.5, 0.6) is 5.75 Å². The lowest BCUT2D eigenvalue weighted by atomic mass is 9.93. The topological polar surface area (TPSA) is 69.6 Å². The van der Waals surface area contributed by atoms with Gasteiger partial charge in [-0.1, -0.05) is 6.07 Å². The van der Waals surface area contributed by atoms with E-state index in [1.54, 1.807) is 11.0 Å². The Balaban J connectivity index is 1.63. The van der Waals surface area contributed by atoms with Crippen LogP contribution >= 0.6 is 0 Å². The summed E-state index contributed by atoms with van der Waals surface area (Å²) in [6.45, 7) is 2.28. The van der Waals surface area contributed by atoms with Gasteiger partial charge in [0.1, 0.15) is 11.6 Å². The number of nitrogens with zero attached hydrogens (tertiary/aromatic N) is 1. The Morgan fingerprint density at radius 1 is 1.24 bits per heavy atom. The molecule has 5 nitrogen and oxygen atoms in total. The van der Waals surface area contributed by atoms with Crippen LogP contribution in [0, 0.1) is 5.82 Å². The largest absolute Gasteiger partial charge is 0.508 e. The molecule has 1 heterocycles. The average Bonchev–Trinajstić information content (AvgIpc) is 2.60. The van der Waals surface area contributed by atoms with Crippen molar-refractivity contribution in [1.29, 1.82) is 0 Å². The van der Waals surface area contributed by atoms with Crippen molar-refractivity contribution in [3.8, 4) is 5.75 Å². The lowest BCUT2D eigenvalue weighted by Crippen LogP contribution is -2.44. The number of aromatic hydroxyl groups is 1. The van der Waals surface area contributed by atoms with Gasteiger partial charge in [-0.25, -0.2) is 4.39 Å². The quantitative estimate of drug-likeness (QED) is 0.900. The number of benzene rings is 2. The molecule has 6 heteroatoms. The molecule has 2 aromatic carbocycles. The predicted molar refractivity (Wildman–Crippen MR) is 90.7 cm³/mol. The minimum atomic E-state index is -0.375. The number of hydrogen-bond donors (Lipinski definition) is 2. The van der Waals surface area contributed by atoms with Gasteiger partial charge >= 0.3 is 0 Å². The number of carbonyl (C=O) groups excluding carboxylic acids is 2. The average molecular weight is 342 g/mol. The molecule has 0 radical (unpaired) electrons. The molecule has 1 aliphatic heterocycles. The zero-order chi connectivity index (χ0) is 18.0. The Labute approximate surface area is 145 Å². The van der Waals surface area contributed by atoms with E-state index < -0.39 is 0 Å². The van der Waals surface area contributed by atoms with Crippen LogP contribution in [0.4, 0.5) is 4.39 Å². The highest BCUT2D eigenvalue weighted by Gasteiger charge is 2.27. The monoisotopic (exact) mass is 342 g/mol. The van der Waals surface area contributed by atoms with E-state index in [0.717, 1.165) is 11.1 Å². The number of carbonyl (C=O) groups is 2. The fraction of sp³-hybridized carbons (Fsp3) is 0.263. The van der Waals surface area contributed by atoms with Gasteiger partial charge in [0.25, 0.3) is 5.91 Å². The maximum absolute atomic E-state index is 13.3. The van der Waals surface area contributed by atoms with Gasteiger partial charge in [-0.15, -0.1) is 0 Å². The van der Waals surface area contributed by atoms with Crippen LogP contribution in [0.25, 0.3) is 0 Å². The van der Waals surface area contributed by atoms with Gasteiger partial charge in [-0.2, -0.15) is 0 Å². The van der Waals surface area contributed by atoms with Crippen LogP contribution in [0.1, 0.15) is 34.5 Å². The minimum Gasteiger partial charge on any atom is -0.508 e. The van der Waals surface area contributed by atoms with Crippen molar-refractivity contribution in [2.24, 2.45) is 0 Å². The van der Waals surface area contributed by atoms with Crippen molar-refractivity contribution in [3.05, 3.63) is 65.0 Å². The van der Waals surface area contributed by atoms with Crippen molar-refractivity contribution < 1.29 is 19.1 Å². The molecule has 0 aliphatic carbocycles. The number of fused-ring (bicyclic) bond motifs is 1. The maximum atomic E-state index is 13.3. The van der Waals surface area contributed by atoms with Crippen LogP contribution < -0.4 is 5.32 Å². The maximum Gasteiger partial charge on any atom is 0.251 e. The molecule has 0 bridgehead atoms. The standard InChI is InChI=1S/C19H19FN2O3/c1-12-17-7-4-15(20)10-14(17)8-9-22(12)18(24)11-21-19(25)13-2-5-16(23)6-3-13/h2-7,10,12,23H,8-9,11H2,1H3,(H,21,25)/t12-/m1/s1. The molecule has 130 valence electrons. The third kappa shape index (κ3) is 3.63. The number of hydrogen-bond acceptors (Lipinski definition) is 3. The number of nitrogens with one attached hydrogen (secondary N) is 1. The molecular weight excluding hydrogens is 323 g/mol. The summed E-state index contributed by atoms with van der Waals surface area (Å²) < 4.78 is 13.3. The Kier molecular flexibility index (Phi) is 4.70. The second kappa shape index (κ2) is 6.93. The van der Waals surface area contributed by atoms with Gasteiger partial charge in [0, 0.05) is 12.1 Å². The SMILES string of the molecule is C[C@@H]1c2ccc(F)cc2CCN1C(=O)CNC(=O)c1ccc(O)cc1. The highest BCUT2D eigenvalue weighted by Crippen LogP contribution is 2.29. The summed E-state index contributed by atoms with van der Waals surface area (Å²) >= 11 is 0. The number of rotatable bonds is 3. The summed E-state index contributed by atoms with van der Waals surface area (Å²) in [5.41, 5.74) is 2.23. The first-order valence-corrected chi connectivity index (χ1v) is 8.10. The smallest absolute Gasteiger partial charge is 0.251 e.